The number of hydrogen-bond acceptors (Lipinski definition) is 4. The van der Waals surface area contributed by atoms with E-state index in [1.807, 2.05) is 18.2 Å². The van der Waals surface area contributed by atoms with E-state index in [0.29, 0.717) is 34.4 Å². The molecule has 4 rings (SSSR count). The van der Waals surface area contributed by atoms with Crippen molar-refractivity contribution < 1.29 is 14.3 Å². The number of morpholine rings is 1. The van der Waals surface area contributed by atoms with Crippen LogP contribution in [0.3, 0.4) is 0 Å². The molecule has 7 nitrogen and oxygen atoms in total. The molecule has 0 unspecified atom stereocenters. The number of anilines is 1. The summed E-state index contributed by atoms with van der Waals surface area (Å²) < 4.78 is 5.70. The third-order valence-corrected chi connectivity index (χ3v) is 4.48. The number of carbonyl (C=O) groups is 2. The fourth-order valence-electron chi connectivity index (χ4n) is 2.97. The lowest BCUT2D eigenvalue weighted by Gasteiger charge is -2.26. The lowest BCUT2D eigenvalue weighted by molar-refractivity contribution is -0.125. The lowest BCUT2D eigenvalue weighted by Crippen LogP contribution is -2.41. The third-order valence-electron chi connectivity index (χ3n) is 4.07. The molecular weight excluding hydrogens is 376 g/mol. The van der Waals surface area contributed by atoms with E-state index >= 15 is 0 Å². The Morgan fingerprint density at radius 3 is 2.96 bits per heavy atom. The van der Waals surface area contributed by atoms with Gasteiger partial charge in [-0.25, -0.2) is 4.98 Å². The Kier molecular flexibility index (Phi) is 3.50. The molecule has 3 aromatic rings. The number of fused-ring (bicyclic) bond motifs is 3. The Hall–Kier alpha value is -2.45. The number of hydrogen-bond donors (Lipinski definition) is 2. The molecule has 2 aromatic heterocycles. The zero-order valence-corrected chi connectivity index (χ0v) is 14.1. The Morgan fingerprint density at radius 1 is 1.38 bits per heavy atom. The maximum absolute atomic E-state index is 12.0. The number of aromatic amines is 1. The average Bonchev–Trinajstić information content (AvgIpc) is 2.92. The molecule has 8 heteroatoms. The van der Waals surface area contributed by atoms with Crippen molar-refractivity contribution in [2.24, 2.45) is 5.73 Å². The number of nitrogens with two attached hydrogens (primary N) is 1. The minimum Gasteiger partial charge on any atom is -0.370 e. The van der Waals surface area contributed by atoms with Crippen LogP contribution in [0.4, 0.5) is 5.69 Å². The van der Waals surface area contributed by atoms with Gasteiger partial charge in [-0.05, 0) is 40.2 Å². The number of H-pyrrole nitrogens is 1. The summed E-state index contributed by atoms with van der Waals surface area (Å²) in [6, 6.07) is 7.22. The minimum atomic E-state index is -0.529. The predicted octanol–water partition coefficient (Wildman–Crippen LogP) is 1.94. The maximum atomic E-state index is 12.0. The summed E-state index contributed by atoms with van der Waals surface area (Å²) in [5.41, 5.74) is 8.64. The highest BCUT2D eigenvalue weighted by atomic mass is 79.9. The van der Waals surface area contributed by atoms with Crippen LogP contribution in [-0.4, -0.2) is 41.5 Å². The molecule has 122 valence electrons. The maximum Gasteiger partial charge on any atom is 0.253 e. The van der Waals surface area contributed by atoms with E-state index < -0.39 is 5.91 Å². The molecule has 1 aromatic carbocycles. The van der Waals surface area contributed by atoms with E-state index in [-0.39, 0.29) is 12.5 Å². The number of pyridine rings is 1. The number of nitrogens with one attached hydrogen (secondary N) is 1. The topological polar surface area (TPSA) is 101 Å². The highest BCUT2D eigenvalue weighted by molar-refractivity contribution is 9.10. The van der Waals surface area contributed by atoms with Crippen LogP contribution in [0, 0.1) is 0 Å². The van der Waals surface area contributed by atoms with E-state index in [1.54, 1.807) is 11.0 Å². The molecule has 0 bridgehead atoms. The molecule has 1 saturated heterocycles. The van der Waals surface area contributed by atoms with Crippen LogP contribution in [0.15, 0.2) is 28.9 Å². The highest BCUT2D eigenvalue weighted by Gasteiger charge is 2.21. The first kappa shape index (κ1) is 15.1. The summed E-state index contributed by atoms with van der Waals surface area (Å²) in [5.74, 6) is -0.603. The zero-order chi connectivity index (χ0) is 16.8. The van der Waals surface area contributed by atoms with E-state index in [1.165, 1.54) is 0 Å². The Balaban J connectivity index is 1.91. The van der Waals surface area contributed by atoms with Crippen molar-refractivity contribution >= 4 is 55.4 Å². The van der Waals surface area contributed by atoms with E-state index in [2.05, 4.69) is 25.9 Å². The number of primary amides is 1. The van der Waals surface area contributed by atoms with Crippen molar-refractivity contribution in [1.82, 2.24) is 9.97 Å². The standard InChI is InChI=1S/C16H13BrN4O3/c17-12-6-10(16(18)23)15-14(20-12)9-2-1-8(5-11(9)19-15)21-3-4-24-7-13(21)22/h1-2,5-6,19H,3-4,7H2,(H2,18,23). The molecular formula is C16H13BrN4O3. The van der Waals surface area contributed by atoms with Crippen molar-refractivity contribution in [2.45, 2.75) is 0 Å². The summed E-state index contributed by atoms with van der Waals surface area (Å²) in [6.07, 6.45) is 0. The Bertz CT molecular complexity index is 998. The number of benzene rings is 1. The third kappa shape index (κ3) is 2.35. The number of aromatic nitrogens is 2. The number of halogens is 1. The van der Waals surface area contributed by atoms with Gasteiger partial charge < -0.3 is 20.4 Å². The fraction of sp³-hybridized carbons (Fsp3) is 0.188. The molecule has 0 aliphatic carbocycles. The fourth-order valence-corrected chi connectivity index (χ4v) is 3.37. The monoisotopic (exact) mass is 388 g/mol. The van der Waals surface area contributed by atoms with Crippen molar-refractivity contribution in [3.8, 4) is 0 Å². The van der Waals surface area contributed by atoms with Gasteiger partial charge >= 0.3 is 0 Å². The zero-order valence-electron chi connectivity index (χ0n) is 12.5. The Labute approximate surface area is 144 Å². The SMILES string of the molecule is NC(=O)c1cc(Br)nc2c1[nH]c1cc(N3CCOCC3=O)ccc12. The first-order valence-corrected chi connectivity index (χ1v) is 8.14. The first-order valence-electron chi connectivity index (χ1n) is 7.34. The van der Waals surface area contributed by atoms with Gasteiger partial charge in [0.2, 0.25) is 0 Å². The number of rotatable bonds is 2. The van der Waals surface area contributed by atoms with Crippen LogP contribution < -0.4 is 10.6 Å². The second-order valence-corrected chi connectivity index (χ2v) is 6.35. The van der Waals surface area contributed by atoms with Crippen LogP contribution in [0.2, 0.25) is 0 Å². The molecule has 0 atom stereocenters. The van der Waals surface area contributed by atoms with Gasteiger partial charge in [-0.1, -0.05) is 0 Å². The molecule has 0 spiro atoms. The largest absolute Gasteiger partial charge is 0.370 e. The van der Waals surface area contributed by atoms with Crippen LogP contribution in [0.25, 0.3) is 21.9 Å². The van der Waals surface area contributed by atoms with Crippen molar-refractivity contribution in [3.05, 3.63) is 34.4 Å². The smallest absolute Gasteiger partial charge is 0.253 e. The molecule has 2 amide bonds. The number of amides is 2. The van der Waals surface area contributed by atoms with Gasteiger partial charge in [0.1, 0.15) is 11.2 Å². The van der Waals surface area contributed by atoms with Gasteiger partial charge in [-0.3, -0.25) is 9.59 Å². The average molecular weight is 389 g/mol. The molecule has 0 radical (unpaired) electrons. The van der Waals surface area contributed by atoms with E-state index in [0.717, 1.165) is 16.6 Å². The van der Waals surface area contributed by atoms with Gasteiger partial charge in [0, 0.05) is 17.6 Å². The van der Waals surface area contributed by atoms with Crippen LogP contribution in [0.5, 0.6) is 0 Å². The van der Waals surface area contributed by atoms with Crippen molar-refractivity contribution in [2.75, 3.05) is 24.7 Å². The van der Waals surface area contributed by atoms with E-state index in [9.17, 15) is 9.59 Å². The van der Waals surface area contributed by atoms with Crippen molar-refractivity contribution in [1.29, 1.82) is 0 Å². The van der Waals surface area contributed by atoms with Crippen LogP contribution >= 0.6 is 15.9 Å². The summed E-state index contributed by atoms with van der Waals surface area (Å²) in [5, 5.41) is 0.859. The van der Waals surface area contributed by atoms with E-state index in [4.69, 9.17) is 10.5 Å². The van der Waals surface area contributed by atoms with Gasteiger partial charge in [-0.2, -0.15) is 0 Å². The number of carbonyl (C=O) groups excluding carboxylic acids is 2. The number of nitrogens with zero attached hydrogens (tertiary/aromatic N) is 2. The summed E-state index contributed by atoms with van der Waals surface area (Å²) in [6.45, 7) is 1.11. The molecule has 24 heavy (non-hydrogen) atoms. The van der Waals surface area contributed by atoms with Crippen LogP contribution in [0.1, 0.15) is 10.4 Å². The highest BCUT2D eigenvalue weighted by Crippen LogP contribution is 2.31. The van der Waals surface area contributed by atoms with Gasteiger partial charge in [0.15, 0.2) is 0 Å². The Morgan fingerprint density at radius 2 is 2.21 bits per heavy atom. The normalized spacial score (nSPS) is 15.4. The molecule has 3 heterocycles. The summed E-state index contributed by atoms with van der Waals surface area (Å²) in [4.78, 5) is 33.0. The number of ether oxygens (including phenoxy) is 1. The quantitative estimate of drug-likeness (QED) is 0.654. The summed E-state index contributed by atoms with van der Waals surface area (Å²) >= 11 is 3.31. The second kappa shape index (κ2) is 5.57. The van der Waals surface area contributed by atoms with Gasteiger partial charge in [0.05, 0.1) is 28.7 Å². The molecule has 3 N–H and O–H groups in total. The molecule has 1 aliphatic rings. The minimum absolute atomic E-state index is 0.0737. The van der Waals surface area contributed by atoms with Crippen molar-refractivity contribution in [3.63, 3.8) is 0 Å². The predicted molar refractivity (Wildman–Crippen MR) is 93.0 cm³/mol. The first-order chi connectivity index (χ1) is 11.5. The molecule has 0 saturated carbocycles. The second-order valence-electron chi connectivity index (χ2n) is 5.53. The van der Waals surface area contributed by atoms with Gasteiger partial charge in [-0.15, -0.1) is 0 Å². The summed E-state index contributed by atoms with van der Waals surface area (Å²) in [7, 11) is 0. The lowest BCUT2D eigenvalue weighted by atomic mass is 10.1. The van der Waals surface area contributed by atoms with Gasteiger partial charge in [0.25, 0.3) is 11.8 Å². The molecule has 1 aliphatic heterocycles. The molecule has 1 fully saturated rings. The van der Waals surface area contributed by atoms with Crippen LogP contribution in [-0.2, 0) is 9.53 Å².